The molecular weight excluding hydrogens is 293 g/mol. The Morgan fingerprint density at radius 2 is 1.90 bits per heavy atom. The molecule has 7 heteroatoms. The molecule has 0 saturated heterocycles. The lowest BCUT2D eigenvalue weighted by Gasteiger charge is -2.40. The summed E-state index contributed by atoms with van der Waals surface area (Å²) in [6.45, 7) is -2.89. The quantitative estimate of drug-likeness (QED) is 0.840. The monoisotopic (exact) mass is 309 g/mol. The zero-order valence-electron chi connectivity index (χ0n) is 11.1. The maximum Gasteiger partial charge on any atom is 0.251 e. The predicted octanol–water partition coefficient (Wildman–Crippen LogP) is 2.70. The Hall–Kier alpha value is -1.21. The lowest BCUT2D eigenvalue weighted by molar-refractivity contribution is -0.0653. The van der Waals surface area contributed by atoms with Crippen LogP contribution in [0.2, 0.25) is 0 Å². The van der Waals surface area contributed by atoms with Crippen LogP contribution in [-0.4, -0.2) is 30.0 Å². The molecule has 0 aliphatic heterocycles. The van der Waals surface area contributed by atoms with E-state index < -0.39 is 55.0 Å². The van der Waals surface area contributed by atoms with Crippen LogP contribution < -0.4 is 5.73 Å². The highest BCUT2D eigenvalue weighted by molar-refractivity contribution is 5.29. The van der Waals surface area contributed by atoms with E-state index in [1.807, 2.05) is 0 Å². The molecular formula is C14H16F5NO. The fourth-order valence-corrected chi connectivity index (χ4v) is 3.13. The molecule has 3 atom stereocenters. The number of hydrogen-bond acceptors (Lipinski definition) is 2. The molecule has 1 aliphatic rings. The molecule has 21 heavy (non-hydrogen) atoms. The fraction of sp³-hybridized carbons (Fsp3) is 0.571. The molecule has 0 spiro atoms. The van der Waals surface area contributed by atoms with E-state index in [2.05, 4.69) is 0 Å². The summed E-state index contributed by atoms with van der Waals surface area (Å²) in [5.41, 5.74) is 0.781. The van der Waals surface area contributed by atoms with Crippen molar-refractivity contribution in [1.29, 1.82) is 0 Å². The van der Waals surface area contributed by atoms with Gasteiger partial charge in [-0.05, 0) is 6.07 Å². The number of nitrogens with two attached hydrogens (primary N) is 1. The average Bonchev–Trinajstić information content (AvgIpc) is 2.69. The van der Waals surface area contributed by atoms with E-state index in [1.54, 1.807) is 0 Å². The molecule has 1 fully saturated rings. The van der Waals surface area contributed by atoms with Gasteiger partial charge in [-0.2, -0.15) is 0 Å². The molecule has 1 saturated carbocycles. The molecule has 3 N–H and O–H groups in total. The molecule has 0 aromatic heterocycles. The van der Waals surface area contributed by atoms with Gasteiger partial charge in [-0.15, -0.1) is 0 Å². The number of rotatable bonds is 4. The molecule has 0 heterocycles. The van der Waals surface area contributed by atoms with Crippen molar-refractivity contribution in [2.24, 2.45) is 11.7 Å². The molecule has 118 valence electrons. The average molecular weight is 309 g/mol. The minimum absolute atomic E-state index is 0.345. The first-order chi connectivity index (χ1) is 9.68. The minimum Gasteiger partial charge on any atom is -0.387 e. The van der Waals surface area contributed by atoms with Crippen LogP contribution in [0.15, 0.2) is 24.3 Å². The van der Waals surface area contributed by atoms with Crippen LogP contribution in [0, 0.1) is 11.7 Å². The van der Waals surface area contributed by atoms with Crippen LogP contribution in [0.3, 0.4) is 0 Å². The van der Waals surface area contributed by atoms with Gasteiger partial charge in [0.15, 0.2) is 0 Å². The summed E-state index contributed by atoms with van der Waals surface area (Å²) in [6, 6.07) is 4.87. The van der Waals surface area contributed by atoms with E-state index in [0.29, 0.717) is 0 Å². The first-order valence-corrected chi connectivity index (χ1v) is 6.44. The van der Waals surface area contributed by atoms with Gasteiger partial charge in [-0.25, -0.2) is 22.0 Å². The van der Waals surface area contributed by atoms with Gasteiger partial charge < -0.3 is 10.8 Å². The van der Waals surface area contributed by atoms with Crippen LogP contribution in [0.1, 0.15) is 18.4 Å². The van der Waals surface area contributed by atoms with E-state index in [9.17, 15) is 27.1 Å². The maximum absolute atomic E-state index is 13.9. The second kappa shape index (κ2) is 5.21. The number of hydrogen-bond donors (Lipinski definition) is 2. The van der Waals surface area contributed by atoms with E-state index in [0.717, 1.165) is 12.1 Å². The van der Waals surface area contributed by atoms with Crippen molar-refractivity contribution in [2.45, 2.75) is 29.9 Å². The van der Waals surface area contributed by atoms with E-state index in [1.165, 1.54) is 12.1 Å². The smallest absolute Gasteiger partial charge is 0.251 e. The third-order valence-corrected chi connectivity index (χ3v) is 4.17. The first kappa shape index (κ1) is 16.2. The third kappa shape index (κ3) is 2.64. The summed E-state index contributed by atoms with van der Waals surface area (Å²) in [7, 11) is 0. The molecule has 1 aliphatic carbocycles. The number of aliphatic hydroxyl groups is 1. The van der Waals surface area contributed by atoms with Crippen molar-refractivity contribution in [3.8, 4) is 0 Å². The van der Waals surface area contributed by atoms with Crippen molar-refractivity contribution in [1.82, 2.24) is 0 Å². The van der Waals surface area contributed by atoms with Gasteiger partial charge in [-0.3, -0.25) is 0 Å². The topological polar surface area (TPSA) is 46.2 Å². The Morgan fingerprint density at radius 1 is 1.29 bits per heavy atom. The highest BCUT2D eigenvalue weighted by Crippen LogP contribution is 2.52. The zero-order chi connectivity index (χ0) is 15.9. The summed E-state index contributed by atoms with van der Waals surface area (Å²) in [6.07, 6.45) is -2.16. The summed E-state index contributed by atoms with van der Waals surface area (Å²) < 4.78 is 67.6. The Labute approximate surface area is 118 Å². The molecule has 0 radical (unpaired) electrons. The van der Waals surface area contributed by atoms with Crippen molar-refractivity contribution in [3.05, 3.63) is 35.6 Å². The fourth-order valence-electron chi connectivity index (χ4n) is 3.13. The van der Waals surface area contributed by atoms with Crippen LogP contribution in [0.5, 0.6) is 0 Å². The van der Waals surface area contributed by atoms with Crippen molar-refractivity contribution in [2.75, 3.05) is 13.3 Å². The van der Waals surface area contributed by atoms with Gasteiger partial charge in [-0.1, -0.05) is 18.2 Å². The second-order valence-electron chi connectivity index (χ2n) is 5.68. The highest BCUT2D eigenvalue weighted by atomic mass is 19.3. The van der Waals surface area contributed by atoms with Crippen molar-refractivity contribution >= 4 is 0 Å². The van der Waals surface area contributed by atoms with Gasteiger partial charge in [0, 0.05) is 24.3 Å². The normalized spacial score (nSPS) is 31.1. The van der Waals surface area contributed by atoms with Gasteiger partial charge in [0.2, 0.25) is 0 Å². The number of halogens is 5. The molecule has 2 nitrogen and oxygen atoms in total. The first-order valence-electron chi connectivity index (χ1n) is 6.44. The minimum atomic E-state index is -3.38. The number of alkyl halides is 4. The standard InChI is InChI=1S/C14H16F5NO/c15-7-12(21)6-13(18,19)5-11(12)14(20,8-16)9-3-1-2-4-10(9)17/h1-4,11,21H,5-8,20H2/t11-,12-,14-/m0/s1. The second-order valence-corrected chi connectivity index (χ2v) is 5.68. The lowest BCUT2D eigenvalue weighted by atomic mass is 9.72. The Balaban J connectivity index is 2.52. The van der Waals surface area contributed by atoms with Gasteiger partial charge in [0.05, 0.1) is 5.54 Å². The van der Waals surface area contributed by atoms with E-state index in [-0.39, 0.29) is 5.56 Å². The van der Waals surface area contributed by atoms with Crippen LogP contribution in [0.25, 0.3) is 0 Å². The third-order valence-electron chi connectivity index (χ3n) is 4.17. The summed E-state index contributed by atoms with van der Waals surface area (Å²) in [5.74, 6) is -5.89. The van der Waals surface area contributed by atoms with Crippen molar-refractivity contribution < 1.29 is 27.1 Å². The van der Waals surface area contributed by atoms with Gasteiger partial charge in [0.25, 0.3) is 5.92 Å². The molecule has 1 aromatic rings. The van der Waals surface area contributed by atoms with Gasteiger partial charge in [0.1, 0.15) is 24.8 Å². The largest absolute Gasteiger partial charge is 0.387 e. The maximum atomic E-state index is 13.9. The van der Waals surface area contributed by atoms with Gasteiger partial charge >= 0.3 is 0 Å². The molecule has 0 bridgehead atoms. The lowest BCUT2D eigenvalue weighted by Crippen LogP contribution is -2.55. The van der Waals surface area contributed by atoms with E-state index in [4.69, 9.17) is 5.73 Å². The van der Waals surface area contributed by atoms with E-state index >= 15 is 0 Å². The molecule has 0 amide bonds. The highest BCUT2D eigenvalue weighted by Gasteiger charge is 2.62. The molecule has 0 unspecified atom stereocenters. The van der Waals surface area contributed by atoms with Crippen LogP contribution in [-0.2, 0) is 5.54 Å². The summed E-state index contributed by atoms with van der Waals surface area (Å²) >= 11 is 0. The van der Waals surface area contributed by atoms with Crippen LogP contribution >= 0.6 is 0 Å². The predicted molar refractivity (Wildman–Crippen MR) is 66.8 cm³/mol. The summed E-state index contributed by atoms with van der Waals surface area (Å²) in [5, 5.41) is 10.1. The number of benzene rings is 1. The van der Waals surface area contributed by atoms with Crippen molar-refractivity contribution in [3.63, 3.8) is 0 Å². The zero-order valence-corrected chi connectivity index (χ0v) is 11.1. The van der Waals surface area contributed by atoms with Crippen LogP contribution in [0.4, 0.5) is 22.0 Å². The molecule has 1 aromatic carbocycles. The Bertz CT molecular complexity index is 526. The Kier molecular flexibility index (Phi) is 4.01. The summed E-state index contributed by atoms with van der Waals surface area (Å²) in [4.78, 5) is 0. The molecule has 2 rings (SSSR count). The Morgan fingerprint density at radius 3 is 2.43 bits per heavy atom. The SMILES string of the molecule is N[C@@](CF)(c1ccccc1F)[C@H]1CC(F)(F)C[C@]1(O)CF.